The molecule has 4 heteroatoms. The number of rotatable bonds is 13. The number of allylic oxidation sites excluding steroid dienone is 2. The molecular formula is C56H61Cl2SiZr. The number of aryl methyl sites for hydroxylation is 4. The summed E-state index contributed by atoms with van der Waals surface area (Å²) in [5.41, 5.74) is 23.5. The second-order valence-electron chi connectivity index (χ2n) is 18.3. The molecule has 0 aliphatic heterocycles. The number of benzene rings is 6. The van der Waals surface area contributed by atoms with Crippen LogP contribution >= 0.6 is 17.0 Å². The van der Waals surface area contributed by atoms with E-state index in [9.17, 15) is 17.0 Å². The van der Waals surface area contributed by atoms with Crippen LogP contribution in [0.5, 0.6) is 0 Å². The molecule has 2 aliphatic rings. The Labute approximate surface area is 369 Å². The van der Waals surface area contributed by atoms with Gasteiger partial charge in [-0.25, -0.2) is 0 Å². The third-order valence-corrected chi connectivity index (χ3v) is 65.6. The minimum absolute atomic E-state index is 0.0143. The van der Waals surface area contributed by atoms with Crippen LogP contribution in [0, 0.1) is 27.7 Å². The SMILES string of the molecule is CCCCC1=Cc2c(-c3ccc(C)cc3)ccc(-c3ccc(C)cc3)c2[CH]1[Zr]([Cl])([Cl])([CH]1C(CCCC)=Cc2c(-c3ccc(C)cc3)ccc(-c3ccc(C)cc3)c21)[SiH](C)C. The van der Waals surface area contributed by atoms with Crippen molar-refractivity contribution in [3.63, 3.8) is 0 Å². The molecule has 6 aromatic rings. The summed E-state index contributed by atoms with van der Waals surface area (Å²) in [6.45, 7) is 18.4. The average Bonchev–Trinajstić information content (AvgIpc) is 3.84. The van der Waals surface area contributed by atoms with Gasteiger partial charge in [0, 0.05) is 0 Å². The van der Waals surface area contributed by atoms with Crippen molar-refractivity contribution in [3.8, 4) is 44.5 Å². The number of fused-ring (bicyclic) bond motifs is 2. The van der Waals surface area contributed by atoms with E-state index in [2.05, 4.69) is 188 Å². The quantitative estimate of drug-likeness (QED) is 0.101. The Kier molecular flexibility index (Phi) is 12.5. The van der Waals surface area contributed by atoms with Gasteiger partial charge >= 0.3 is 373 Å². The first kappa shape index (κ1) is 43.1. The van der Waals surface area contributed by atoms with Gasteiger partial charge in [-0.3, -0.25) is 0 Å². The van der Waals surface area contributed by atoms with Gasteiger partial charge in [0.1, 0.15) is 0 Å². The van der Waals surface area contributed by atoms with Gasteiger partial charge in [-0.15, -0.1) is 0 Å². The summed E-state index contributed by atoms with van der Waals surface area (Å²) in [5, 5.41) is 0. The van der Waals surface area contributed by atoms with Crippen LogP contribution < -0.4 is 0 Å². The molecule has 60 heavy (non-hydrogen) atoms. The predicted octanol–water partition coefficient (Wildman–Crippen LogP) is 17.5. The molecule has 0 nitrogen and oxygen atoms in total. The molecule has 0 saturated carbocycles. The van der Waals surface area contributed by atoms with E-state index in [-0.39, 0.29) is 7.25 Å². The molecule has 0 fully saturated rings. The van der Waals surface area contributed by atoms with Crippen molar-refractivity contribution < 1.29 is 15.6 Å². The average molecular weight is 924 g/mol. The van der Waals surface area contributed by atoms with Gasteiger partial charge in [-0.2, -0.15) is 0 Å². The van der Waals surface area contributed by atoms with E-state index in [1.807, 2.05) is 0 Å². The maximum atomic E-state index is 9.31. The zero-order valence-corrected chi connectivity index (χ0v) is 42.1. The Balaban J connectivity index is 1.48. The first-order valence-corrected chi connectivity index (χ1v) is 38.7. The zero-order valence-electron chi connectivity index (χ0n) is 36.9. The van der Waals surface area contributed by atoms with Gasteiger partial charge in [0.15, 0.2) is 0 Å². The van der Waals surface area contributed by atoms with Crippen LogP contribution in [0.1, 0.15) is 104 Å². The molecular weight excluding hydrogens is 863 g/mol. The monoisotopic (exact) mass is 921 g/mol. The van der Waals surface area contributed by atoms with E-state index in [4.69, 9.17) is 0 Å². The fourth-order valence-electron chi connectivity index (χ4n) is 10.3. The van der Waals surface area contributed by atoms with Gasteiger partial charge in [0.05, 0.1) is 0 Å². The minimum atomic E-state index is -5.29. The van der Waals surface area contributed by atoms with Crippen molar-refractivity contribution in [2.75, 3.05) is 0 Å². The third-order valence-electron chi connectivity index (χ3n) is 13.8. The van der Waals surface area contributed by atoms with Crippen molar-refractivity contribution in [2.45, 2.75) is 100 Å². The Morgan fingerprint density at radius 3 is 1.00 bits per heavy atom. The van der Waals surface area contributed by atoms with Gasteiger partial charge in [-0.05, 0) is 0 Å². The Bertz CT molecular complexity index is 2420. The van der Waals surface area contributed by atoms with Crippen LogP contribution in [-0.4, -0.2) is 5.92 Å². The molecule has 0 spiro atoms. The molecule has 2 unspecified atom stereocenters. The van der Waals surface area contributed by atoms with E-state index in [1.54, 1.807) is 0 Å². The molecule has 0 heterocycles. The predicted molar refractivity (Wildman–Crippen MR) is 265 cm³/mol. The third kappa shape index (κ3) is 7.68. The molecule has 0 saturated heterocycles. The summed E-state index contributed by atoms with van der Waals surface area (Å²) in [7, 11) is 18.6. The first-order valence-electron chi connectivity index (χ1n) is 22.4. The van der Waals surface area contributed by atoms with Crippen LogP contribution in [0.25, 0.3) is 56.7 Å². The van der Waals surface area contributed by atoms with Crippen molar-refractivity contribution in [2.24, 2.45) is 0 Å². The maximum absolute atomic E-state index is 9.31. The molecule has 307 valence electrons. The van der Waals surface area contributed by atoms with E-state index in [0.29, 0.717) is 0 Å². The van der Waals surface area contributed by atoms with E-state index in [0.717, 1.165) is 38.5 Å². The molecule has 8 rings (SSSR count). The molecule has 2 atom stereocenters. The summed E-state index contributed by atoms with van der Waals surface area (Å²) in [4.78, 5) is 0. The van der Waals surface area contributed by atoms with Crippen LogP contribution in [0.15, 0.2) is 132 Å². The summed E-state index contributed by atoms with van der Waals surface area (Å²) in [6, 6.07) is 46.0. The topological polar surface area (TPSA) is 0 Å². The van der Waals surface area contributed by atoms with Gasteiger partial charge < -0.3 is 0 Å². The van der Waals surface area contributed by atoms with Gasteiger partial charge in [0.25, 0.3) is 0 Å². The summed E-state index contributed by atoms with van der Waals surface area (Å²) in [5.74, 6) is -1.86. The fourth-order valence-corrected chi connectivity index (χ4v) is 41.6. The van der Waals surface area contributed by atoms with E-state index >= 15 is 0 Å². The van der Waals surface area contributed by atoms with Crippen LogP contribution in [-0.2, 0) is 15.6 Å². The van der Waals surface area contributed by atoms with Crippen LogP contribution in [0.2, 0.25) is 13.1 Å². The molecule has 0 aromatic heterocycles. The fraction of sp³-hybridized carbons (Fsp3) is 0.286. The van der Waals surface area contributed by atoms with Crippen LogP contribution in [0.4, 0.5) is 0 Å². The Morgan fingerprint density at radius 1 is 0.433 bits per heavy atom. The number of hydrogen-bond acceptors (Lipinski definition) is 0. The summed E-state index contributed by atoms with van der Waals surface area (Å²) >= 11 is -5.29. The van der Waals surface area contributed by atoms with Crippen molar-refractivity contribution in [3.05, 3.63) is 177 Å². The second kappa shape index (κ2) is 17.3. The second-order valence-corrected chi connectivity index (χ2v) is 60.8. The Hall–Kier alpha value is -3.52. The molecule has 6 aromatic carbocycles. The number of hydrogen-bond donors (Lipinski definition) is 0. The standard InChI is InChI=1S/2C27H27.C2H7Si.2ClH.Zr/c2*1-4-5-6-21-17-26-24(22-11-7-19(2)8-12-22)15-16-25(27(26)18-21)23-13-9-20(3)10-14-23;1-3-2;;;/h2*7-18H,4-6H2,1-3H3;3H,1-2H3;2*1H;/q;;;;;+2/p-2. The molecule has 0 N–H and O–H groups in total. The molecule has 2 aliphatic carbocycles. The summed E-state index contributed by atoms with van der Waals surface area (Å²) < 4.78 is -0.0286. The molecule has 0 radical (unpaired) electrons. The van der Waals surface area contributed by atoms with Crippen molar-refractivity contribution in [1.29, 1.82) is 0 Å². The first-order chi connectivity index (χ1) is 28.8. The van der Waals surface area contributed by atoms with E-state index in [1.165, 1.54) is 100 Å². The molecule has 0 amide bonds. The molecule has 0 bridgehead atoms. The number of halogens is 2. The van der Waals surface area contributed by atoms with Gasteiger partial charge in [0.2, 0.25) is 0 Å². The van der Waals surface area contributed by atoms with Gasteiger partial charge in [-0.1, -0.05) is 0 Å². The van der Waals surface area contributed by atoms with E-state index < -0.39 is 21.5 Å². The van der Waals surface area contributed by atoms with Crippen molar-refractivity contribution >= 4 is 35.1 Å². The normalized spacial score (nSPS) is 16.6. The zero-order chi connectivity index (χ0) is 42.4. The number of unbranched alkanes of at least 4 members (excludes halogenated alkanes) is 2. The Morgan fingerprint density at radius 2 is 0.717 bits per heavy atom. The summed E-state index contributed by atoms with van der Waals surface area (Å²) in [6.07, 6.45) is 11.6. The van der Waals surface area contributed by atoms with Crippen molar-refractivity contribution in [1.82, 2.24) is 0 Å². The van der Waals surface area contributed by atoms with Crippen LogP contribution in [0.3, 0.4) is 0 Å².